The van der Waals surface area contributed by atoms with Crippen LogP contribution >= 0.6 is 0 Å². The van der Waals surface area contributed by atoms with Crippen molar-refractivity contribution in [2.75, 3.05) is 0 Å². The summed E-state index contributed by atoms with van der Waals surface area (Å²) >= 11 is 0.525. The van der Waals surface area contributed by atoms with Gasteiger partial charge < -0.3 is 0 Å². The van der Waals surface area contributed by atoms with Crippen molar-refractivity contribution in [2.24, 2.45) is 0 Å². The van der Waals surface area contributed by atoms with Gasteiger partial charge in [0.15, 0.2) is 0 Å². The van der Waals surface area contributed by atoms with Crippen LogP contribution in [0.2, 0.25) is 0 Å². The molecule has 3 rings (SSSR count). The molecular formula is C13H10NSe+. The van der Waals surface area contributed by atoms with Crippen molar-refractivity contribution in [3.8, 4) is 5.69 Å². The first kappa shape index (κ1) is 8.90. The fourth-order valence-corrected chi connectivity index (χ4v) is 3.04. The van der Waals surface area contributed by atoms with Crippen LogP contribution in [-0.2, 0) is 0 Å². The molecule has 1 nitrogen and oxygen atoms in total. The van der Waals surface area contributed by atoms with Gasteiger partial charge in [-0.15, -0.1) is 0 Å². The van der Waals surface area contributed by atoms with Crippen LogP contribution in [0, 0.1) is 0 Å². The molecule has 0 radical (unpaired) electrons. The number of aromatic nitrogens is 1. The predicted molar refractivity (Wildman–Crippen MR) is 62.4 cm³/mol. The first-order valence-electron chi connectivity index (χ1n) is 4.87. The Kier molecular flexibility index (Phi) is 2.17. The molecule has 0 aliphatic heterocycles. The molecule has 3 aromatic rings. The van der Waals surface area contributed by atoms with E-state index in [1.807, 2.05) is 0 Å². The summed E-state index contributed by atoms with van der Waals surface area (Å²) < 4.78 is 2.22. The van der Waals surface area contributed by atoms with E-state index in [1.165, 1.54) is 16.5 Å². The van der Waals surface area contributed by atoms with Gasteiger partial charge in [-0.05, 0) is 0 Å². The van der Waals surface area contributed by atoms with Crippen molar-refractivity contribution in [3.63, 3.8) is 0 Å². The number of hydrogen-bond donors (Lipinski definition) is 0. The van der Waals surface area contributed by atoms with E-state index in [4.69, 9.17) is 0 Å². The van der Waals surface area contributed by atoms with Gasteiger partial charge in [0, 0.05) is 0 Å². The Labute approximate surface area is 94.4 Å². The van der Waals surface area contributed by atoms with E-state index < -0.39 is 0 Å². The third-order valence-electron chi connectivity index (χ3n) is 2.52. The summed E-state index contributed by atoms with van der Waals surface area (Å²) in [5.41, 5.74) is 1.28. The van der Waals surface area contributed by atoms with E-state index in [1.54, 1.807) is 0 Å². The molecule has 2 aromatic carbocycles. The summed E-state index contributed by atoms with van der Waals surface area (Å²) in [4.78, 5) is 2.23. The van der Waals surface area contributed by atoms with Gasteiger partial charge in [0.05, 0.1) is 0 Å². The number of hydrogen-bond acceptors (Lipinski definition) is 0. The van der Waals surface area contributed by atoms with Crippen molar-refractivity contribution in [2.45, 2.75) is 0 Å². The summed E-state index contributed by atoms with van der Waals surface area (Å²) in [5, 5.41) is 4.88. The molecule has 0 aliphatic carbocycles. The molecule has 1 heterocycles. The Bertz CT molecular complexity index is 579. The molecule has 2 heteroatoms. The molecule has 0 amide bonds. The number of fused-ring (bicyclic) bond motifs is 1. The van der Waals surface area contributed by atoms with Gasteiger partial charge in [-0.3, -0.25) is 0 Å². The molecule has 0 N–H and O–H groups in total. The van der Waals surface area contributed by atoms with Crippen LogP contribution in [-0.4, -0.2) is 14.5 Å². The molecule has 72 valence electrons. The molecule has 0 unspecified atom stereocenters. The Morgan fingerprint density at radius 3 is 2.67 bits per heavy atom. The maximum atomic E-state index is 2.26. The summed E-state index contributed by atoms with van der Waals surface area (Å²) in [6.07, 6.45) is 2.15. The van der Waals surface area contributed by atoms with E-state index >= 15 is 0 Å². The van der Waals surface area contributed by atoms with Crippen molar-refractivity contribution < 1.29 is 4.57 Å². The quantitative estimate of drug-likeness (QED) is 0.466. The number of rotatable bonds is 1. The normalized spacial score (nSPS) is 10.7. The van der Waals surface area contributed by atoms with Gasteiger partial charge in [-0.25, -0.2) is 0 Å². The van der Waals surface area contributed by atoms with E-state index in [2.05, 4.69) is 63.2 Å². The van der Waals surface area contributed by atoms with Crippen LogP contribution in [0.15, 0.2) is 58.7 Å². The Morgan fingerprint density at radius 2 is 1.80 bits per heavy atom. The van der Waals surface area contributed by atoms with Crippen LogP contribution in [0.25, 0.3) is 16.5 Å². The molecule has 0 aliphatic rings. The topological polar surface area (TPSA) is 3.88 Å². The number of benzene rings is 2. The molecule has 0 saturated carbocycles. The fourth-order valence-electron chi connectivity index (χ4n) is 1.81. The Balaban J connectivity index is 2.36. The first-order chi connectivity index (χ1) is 7.45. The molecule has 0 spiro atoms. The zero-order valence-electron chi connectivity index (χ0n) is 8.13. The van der Waals surface area contributed by atoms with E-state index in [0.717, 1.165) is 0 Å². The third kappa shape index (κ3) is 1.52. The molecule has 15 heavy (non-hydrogen) atoms. The summed E-state index contributed by atoms with van der Waals surface area (Å²) in [6.45, 7) is 0. The van der Waals surface area contributed by atoms with E-state index in [9.17, 15) is 0 Å². The van der Waals surface area contributed by atoms with Crippen LogP contribution in [0.1, 0.15) is 0 Å². The summed E-state index contributed by atoms with van der Waals surface area (Å²) in [6, 6.07) is 15.0. The second-order valence-corrected chi connectivity index (χ2v) is 5.02. The average molecular weight is 259 g/mol. The molecule has 0 fully saturated rings. The summed E-state index contributed by atoms with van der Waals surface area (Å²) in [5.74, 6) is 0. The van der Waals surface area contributed by atoms with Gasteiger partial charge >= 0.3 is 94.2 Å². The standard InChI is InChI=1S/C13H10NSe/c1-2-6-12-11(4-1)5-3-7-13(12)14-8-9-15-10-14/h1-10H/q+1. The van der Waals surface area contributed by atoms with Gasteiger partial charge in [0.2, 0.25) is 0 Å². The predicted octanol–water partition coefficient (Wildman–Crippen LogP) is 2.17. The van der Waals surface area contributed by atoms with Gasteiger partial charge in [0.1, 0.15) is 0 Å². The van der Waals surface area contributed by atoms with Crippen molar-refractivity contribution in [1.29, 1.82) is 0 Å². The first-order valence-corrected chi connectivity index (χ1v) is 6.84. The minimum atomic E-state index is 0.525. The zero-order chi connectivity index (χ0) is 10.1. The summed E-state index contributed by atoms with van der Waals surface area (Å²) in [7, 11) is 0. The molecule has 0 bridgehead atoms. The van der Waals surface area contributed by atoms with Crippen LogP contribution in [0.3, 0.4) is 0 Å². The van der Waals surface area contributed by atoms with Crippen LogP contribution < -0.4 is 4.57 Å². The van der Waals surface area contributed by atoms with Crippen molar-refractivity contribution >= 4 is 25.3 Å². The SMILES string of the molecule is c1ccc2c(-[n+]3cc[se]c3)cccc2c1. The Hall–Kier alpha value is -1.37. The molecule has 1 aromatic heterocycles. The van der Waals surface area contributed by atoms with Gasteiger partial charge in [0.25, 0.3) is 0 Å². The number of nitrogens with zero attached hydrogens (tertiary/aromatic N) is 1. The molecule has 0 atom stereocenters. The van der Waals surface area contributed by atoms with Crippen molar-refractivity contribution in [1.82, 2.24) is 0 Å². The van der Waals surface area contributed by atoms with Gasteiger partial charge in [-0.1, -0.05) is 0 Å². The molecular weight excluding hydrogens is 249 g/mol. The van der Waals surface area contributed by atoms with Gasteiger partial charge in [-0.2, -0.15) is 0 Å². The van der Waals surface area contributed by atoms with Crippen molar-refractivity contribution in [3.05, 3.63) is 58.7 Å². The third-order valence-corrected chi connectivity index (χ3v) is 3.84. The fraction of sp³-hybridized carbons (Fsp3) is 0. The molecule has 0 saturated heterocycles. The minimum absolute atomic E-state index is 0.525. The Morgan fingerprint density at radius 1 is 0.933 bits per heavy atom. The van der Waals surface area contributed by atoms with E-state index in [-0.39, 0.29) is 0 Å². The zero-order valence-corrected chi connectivity index (χ0v) is 9.84. The maximum absolute atomic E-state index is 2.26. The second kappa shape index (κ2) is 3.65. The monoisotopic (exact) mass is 260 g/mol. The van der Waals surface area contributed by atoms with E-state index in [0.29, 0.717) is 14.5 Å². The second-order valence-electron chi connectivity index (χ2n) is 3.43. The van der Waals surface area contributed by atoms with Crippen LogP contribution in [0.4, 0.5) is 0 Å². The average Bonchev–Trinajstić information content (AvgIpc) is 2.82. The van der Waals surface area contributed by atoms with Crippen LogP contribution in [0.5, 0.6) is 0 Å².